The fraction of sp³-hybridized carbons (Fsp3) is 0.222. The van der Waals surface area contributed by atoms with Gasteiger partial charge in [-0.3, -0.25) is 14.5 Å². The summed E-state index contributed by atoms with van der Waals surface area (Å²) in [5, 5.41) is 11.3. The molecule has 1 fully saturated rings. The van der Waals surface area contributed by atoms with Crippen LogP contribution in [0.1, 0.15) is 12.8 Å². The molecule has 2 N–H and O–H groups in total. The second-order valence-electron chi connectivity index (χ2n) is 6.50. The van der Waals surface area contributed by atoms with E-state index in [2.05, 4.69) is 25.5 Å². The number of carbonyl (C=O) groups is 1. The van der Waals surface area contributed by atoms with Crippen LogP contribution in [0.25, 0.3) is 27.4 Å². The van der Waals surface area contributed by atoms with Crippen molar-refractivity contribution in [3.05, 3.63) is 35.7 Å². The van der Waals surface area contributed by atoms with Gasteiger partial charge in [0, 0.05) is 11.5 Å². The molecule has 8 nitrogen and oxygen atoms in total. The Bertz CT molecular complexity index is 1190. The zero-order chi connectivity index (χ0) is 19.3. The second-order valence-corrected chi connectivity index (χ2v) is 7.91. The number of rotatable bonds is 5. The zero-order valence-corrected chi connectivity index (χ0v) is 16.3. The number of aromatic nitrogens is 5. The van der Waals surface area contributed by atoms with Gasteiger partial charge in [-0.1, -0.05) is 22.9 Å². The predicted octanol–water partition coefficient (Wildman–Crippen LogP) is 3.88. The average molecular weight is 415 g/mol. The van der Waals surface area contributed by atoms with Crippen LogP contribution in [0.4, 0.5) is 5.13 Å². The Morgan fingerprint density at radius 1 is 1.43 bits per heavy atom. The van der Waals surface area contributed by atoms with Crippen LogP contribution in [0.3, 0.4) is 0 Å². The van der Waals surface area contributed by atoms with Crippen molar-refractivity contribution in [3.63, 3.8) is 0 Å². The van der Waals surface area contributed by atoms with Gasteiger partial charge in [0.15, 0.2) is 16.6 Å². The minimum Gasteiger partial charge on any atom is -0.497 e. The smallest absolute Gasteiger partial charge is 0.229 e. The summed E-state index contributed by atoms with van der Waals surface area (Å²) in [6.45, 7) is 0. The molecule has 3 heterocycles. The lowest BCUT2D eigenvalue weighted by Gasteiger charge is -2.08. The van der Waals surface area contributed by atoms with Gasteiger partial charge in [-0.25, -0.2) is 9.97 Å². The summed E-state index contributed by atoms with van der Waals surface area (Å²) in [5.41, 5.74) is 2.22. The summed E-state index contributed by atoms with van der Waals surface area (Å²) in [7, 11) is 1.60. The van der Waals surface area contributed by atoms with Gasteiger partial charge in [0.2, 0.25) is 5.91 Å². The number of nitrogens with zero attached hydrogens (tertiary/aromatic N) is 4. The van der Waals surface area contributed by atoms with Crippen LogP contribution in [0.15, 0.2) is 30.7 Å². The van der Waals surface area contributed by atoms with E-state index in [1.807, 2.05) is 16.7 Å². The molecular weight excluding hydrogens is 400 g/mol. The third-order valence-electron chi connectivity index (χ3n) is 4.60. The van der Waals surface area contributed by atoms with Crippen molar-refractivity contribution in [2.75, 3.05) is 12.4 Å². The van der Waals surface area contributed by atoms with Gasteiger partial charge < -0.3 is 10.1 Å². The summed E-state index contributed by atoms with van der Waals surface area (Å²) in [4.78, 5) is 20.7. The molecular formula is C18H15ClN6O2S. The Morgan fingerprint density at radius 2 is 2.29 bits per heavy atom. The maximum absolute atomic E-state index is 12.0. The van der Waals surface area contributed by atoms with Gasteiger partial charge in [0.1, 0.15) is 16.8 Å². The molecule has 0 saturated heterocycles. The van der Waals surface area contributed by atoms with Crippen LogP contribution in [0.5, 0.6) is 5.75 Å². The second kappa shape index (κ2) is 6.61. The van der Waals surface area contributed by atoms with E-state index >= 15 is 0 Å². The van der Waals surface area contributed by atoms with Gasteiger partial charge in [-0.15, -0.1) is 0 Å². The topological polar surface area (TPSA) is 97.7 Å². The molecule has 1 aliphatic carbocycles. The number of hydrogen-bond acceptors (Lipinski definition) is 6. The highest BCUT2D eigenvalue weighted by molar-refractivity contribution is 7.22. The monoisotopic (exact) mass is 414 g/mol. The molecule has 0 atom stereocenters. The number of methoxy groups -OCH3 is 1. The molecule has 142 valence electrons. The highest BCUT2D eigenvalue weighted by Crippen LogP contribution is 2.36. The third kappa shape index (κ3) is 2.92. The van der Waals surface area contributed by atoms with Gasteiger partial charge in [-0.05, 0) is 31.0 Å². The molecule has 28 heavy (non-hydrogen) atoms. The van der Waals surface area contributed by atoms with Crippen LogP contribution < -0.4 is 10.1 Å². The highest BCUT2D eigenvalue weighted by atomic mass is 35.5. The van der Waals surface area contributed by atoms with Gasteiger partial charge in [0.05, 0.1) is 24.0 Å². The molecule has 0 spiro atoms. The Morgan fingerprint density at radius 3 is 3.04 bits per heavy atom. The van der Waals surface area contributed by atoms with E-state index < -0.39 is 0 Å². The van der Waals surface area contributed by atoms with Crippen molar-refractivity contribution in [2.24, 2.45) is 5.92 Å². The molecule has 1 saturated carbocycles. The number of carbonyl (C=O) groups excluding carboxylic acids is 1. The summed E-state index contributed by atoms with van der Waals surface area (Å²) in [5.74, 6) is 1.48. The minimum absolute atomic E-state index is 0.0271. The first-order chi connectivity index (χ1) is 13.6. The van der Waals surface area contributed by atoms with E-state index in [1.54, 1.807) is 25.7 Å². The van der Waals surface area contributed by atoms with E-state index in [0.29, 0.717) is 27.4 Å². The maximum atomic E-state index is 12.0. The predicted molar refractivity (Wildman–Crippen MR) is 107 cm³/mol. The molecule has 3 aromatic heterocycles. The molecule has 1 amide bonds. The van der Waals surface area contributed by atoms with Crippen molar-refractivity contribution >= 4 is 44.3 Å². The molecule has 10 heteroatoms. The van der Waals surface area contributed by atoms with Crippen molar-refractivity contribution in [1.29, 1.82) is 0 Å². The highest BCUT2D eigenvalue weighted by Gasteiger charge is 2.30. The molecule has 0 unspecified atom stereocenters. The lowest BCUT2D eigenvalue weighted by atomic mass is 10.1. The number of fused-ring (bicyclic) bond motifs is 1. The molecule has 5 rings (SSSR count). The number of thiazole rings is 1. The fourth-order valence-electron chi connectivity index (χ4n) is 2.97. The first kappa shape index (κ1) is 17.2. The Kier molecular flexibility index (Phi) is 4.06. The first-order valence-electron chi connectivity index (χ1n) is 8.66. The van der Waals surface area contributed by atoms with Crippen molar-refractivity contribution in [1.82, 2.24) is 24.7 Å². The third-order valence-corrected chi connectivity index (χ3v) is 5.87. The van der Waals surface area contributed by atoms with Crippen molar-refractivity contribution in [3.8, 4) is 22.8 Å². The number of imidazole rings is 1. The van der Waals surface area contributed by atoms with E-state index in [1.165, 1.54) is 11.3 Å². The number of benzene rings is 1. The van der Waals surface area contributed by atoms with E-state index in [-0.39, 0.29) is 11.8 Å². The van der Waals surface area contributed by atoms with Crippen LogP contribution in [0.2, 0.25) is 5.02 Å². The first-order valence-corrected chi connectivity index (χ1v) is 9.86. The normalized spacial score (nSPS) is 13.8. The molecule has 4 aromatic rings. The largest absolute Gasteiger partial charge is 0.497 e. The maximum Gasteiger partial charge on any atom is 0.229 e. The standard InChI is InChI=1S/C18H15ClN6O2S/c1-27-10-4-5-11(12(19)6-10)13-7-20-8-25(13)16-14-15(23-24-16)21-18(28-14)22-17(26)9-2-3-9/h4-9H,2-3H2,1H3,(H2,21,22,23,24,26). The van der Waals surface area contributed by atoms with Crippen LogP contribution >= 0.6 is 22.9 Å². The van der Waals surface area contributed by atoms with Crippen molar-refractivity contribution in [2.45, 2.75) is 12.8 Å². The van der Waals surface area contributed by atoms with E-state index in [0.717, 1.165) is 28.8 Å². The Hall–Kier alpha value is -2.91. The Balaban J connectivity index is 1.53. The molecule has 0 radical (unpaired) electrons. The van der Waals surface area contributed by atoms with Gasteiger partial charge >= 0.3 is 0 Å². The summed E-state index contributed by atoms with van der Waals surface area (Å²) >= 11 is 7.82. The number of halogens is 1. The lowest BCUT2D eigenvalue weighted by molar-refractivity contribution is -0.117. The summed E-state index contributed by atoms with van der Waals surface area (Å²) in [6.07, 6.45) is 5.30. The van der Waals surface area contributed by atoms with E-state index in [9.17, 15) is 4.79 Å². The molecule has 0 bridgehead atoms. The lowest BCUT2D eigenvalue weighted by Crippen LogP contribution is -2.12. The minimum atomic E-state index is 0.0271. The summed E-state index contributed by atoms with van der Waals surface area (Å²) in [6, 6.07) is 5.48. The van der Waals surface area contributed by atoms with Crippen molar-refractivity contribution < 1.29 is 9.53 Å². The average Bonchev–Trinajstić information content (AvgIpc) is 3.12. The number of nitrogens with one attached hydrogen (secondary N) is 2. The number of hydrogen-bond donors (Lipinski definition) is 2. The molecule has 1 aliphatic rings. The Labute approximate surface area is 168 Å². The zero-order valence-electron chi connectivity index (χ0n) is 14.8. The number of aromatic amines is 1. The number of amides is 1. The fourth-order valence-corrected chi connectivity index (χ4v) is 4.14. The van der Waals surface area contributed by atoms with Gasteiger partial charge in [0.25, 0.3) is 0 Å². The van der Waals surface area contributed by atoms with Crippen LogP contribution in [0, 0.1) is 5.92 Å². The SMILES string of the molecule is COc1ccc(-c2cncn2-c2n[nH]c3nc(NC(=O)C4CC4)sc23)c(Cl)c1. The number of ether oxygens (including phenoxy) is 1. The van der Waals surface area contributed by atoms with Crippen LogP contribution in [-0.4, -0.2) is 37.7 Å². The number of H-pyrrole nitrogens is 1. The van der Waals surface area contributed by atoms with Crippen LogP contribution in [-0.2, 0) is 4.79 Å². The van der Waals surface area contributed by atoms with E-state index in [4.69, 9.17) is 16.3 Å². The quantitative estimate of drug-likeness (QED) is 0.516. The van der Waals surface area contributed by atoms with Gasteiger partial charge in [-0.2, -0.15) is 5.10 Å². The molecule has 0 aliphatic heterocycles. The summed E-state index contributed by atoms with van der Waals surface area (Å²) < 4.78 is 7.89. The number of anilines is 1. The molecule has 1 aromatic carbocycles.